The molecule has 0 aliphatic carbocycles. The lowest BCUT2D eigenvalue weighted by Gasteiger charge is -2.07. The van der Waals surface area contributed by atoms with Gasteiger partial charge in [0.05, 0.1) is 19.3 Å². The van der Waals surface area contributed by atoms with Gasteiger partial charge in [-0.25, -0.2) is 4.68 Å². The van der Waals surface area contributed by atoms with Crippen LogP contribution in [0.5, 0.6) is 0 Å². The number of amides is 2. The average molecular weight is 343 g/mol. The number of aromatic nitrogens is 3. The number of benzene rings is 1. The quantitative estimate of drug-likeness (QED) is 0.681. The highest BCUT2D eigenvalue weighted by Crippen LogP contribution is 2.08. The van der Waals surface area contributed by atoms with Gasteiger partial charge in [-0.3, -0.25) is 9.59 Å². The van der Waals surface area contributed by atoms with Crippen LogP contribution in [0.15, 0.2) is 30.5 Å². The summed E-state index contributed by atoms with van der Waals surface area (Å²) in [7, 11) is 0. The number of carbonyl (C=O) groups is 2. The maximum Gasteiger partial charge on any atom is 0.251 e. The number of carbonyl (C=O) groups excluding carboxylic acids is 2. The minimum Gasteiger partial charge on any atom is -0.352 e. The number of unbranched alkanes of at least 4 members (excludes halogenated alkanes) is 2. The fourth-order valence-electron chi connectivity index (χ4n) is 2.39. The minimum atomic E-state index is -0.104. The number of hydrogen-bond acceptors (Lipinski definition) is 4. The van der Waals surface area contributed by atoms with Crippen molar-refractivity contribution in [3.8, 4) is 0 Å². The predicted molar refractivity (Wildman–Crippen MR) is 94.9 cm³/mol. The summed E-state index contributed by atoms with van der Waals surface area (Å²) in [6, 6.07) is 7.49. The summed E-state index contributed by atoms with van der Waals surface area (Å²) < 4.78 is 1.69. The molecule has 0 atom stereocenters. The van der Waals surface area contributed by atoms with E-state index in [0.717, 1.165) is 24.8 Å². The summed E-state index contributed by atoms with van der Waals surface area (Å²) in [5.41, 5.74) is 2.31. The Labute approximate surface area is 147 Å². The fraction of sp³-hybridized carbons (Fsp3) is 0.444. The average Bonchev–Trinajstić information content (AvgIpc) is 3.04. The Bertz CT molecular complexity index is 711. The summed E-state index contributed by atoms with van der Waals surface area (Å²) in [5.74, 6) is -0.157. The van der Waals surface area contributed by atoms with Gasteiger partial charge in [0.1, 0.15) is 5.69 Å². The van der Waals surface area contributed by atoms with Crippen LogP contribution in [-0.2, 0) is 17.9 Å². The Hall–Kier alpha value is -2.70. The molecule has 0 radical (unpaired) electrons. The Morgan fingerprint density at radius 3 is 2.80 bits per heavy atom. The molecule has 0 unspecified atom stereocenters. The van der Waals surface area contributed by atoms with Gasteiger partial charge in [0, 0.05) is 19.0 Å². The highest BCUT2D eigenvalue weighted by atomic mass is 16.2. The van der Waals surface area contributed by atoms with Crippen molar-refractivity contribution in [3.05, 3.63) is 47.3 Å². The van der Waals surface area contributed by atoms with Crippen LogP contribution in [-0.4, -0.2) is 33.4 Å². The molecule has 7 nitrogen and oxygen atoms in total. The van der Waals surface area contributed by atoms with Crippen molar-refractivity contribution >= 4 is 11.8 Å². The first-order valence-corrected chi connectivity index (χ1v) is 8.59. The largest absolute Gasteiger partial charge is 0.352 e. The standard InChI is InChI=1S/C18H25N5O2/c1-3-4-5-9-19-18(25)16-8-6-7-15(10-16)12-23-13-17(21-22-23)11-20-14(2)24/h6-8,10,13H,3-5,9,11-12H2,1-2H3,(H,19,25)(H,20,24). The van der Waals surface area contributed by atoms with E-state index in [2.05, 4.69) is 27.9 Å². The van der Waals surface area contributed by atoms with Crippen molar-refractivity contribution in [3.63, 3.8) is 0 Å². The second-order valence-electron chi connectivity index (χ2n) is 5.98. The summed E-state index contributed by atoms with van der Waals surface area (Å²) in [5, 5.41) is 13.7. The Morgan fingerprint density at radius 1 is 1.20 bits per heavy atom. The molecule has 0 spiro atoms. The van der Waals surface area contributed by atoms with E-state index in [1.165, 1.54) is 6.92 Å². The molecule has 2 rings (SSSR count). The van der Waals surface area contributed by atoms with Gasteiger partial charge in [0.2, 0.25) is 5.91 Å². The summed E-state index contributed by atoms with van der Waals surface area (Å²) >= 11 is 0. The van der Waals surface area contributed by atoms with E-state index in [-0.39, 0.29) is 11.8 Å². The summed E-state index contributed by atoms with van der Waals surface area (Å²) in [6.07, 6.45) is 5.03. The highest BCUT2D eigenvalue weighted by molar-refractivity contribution is 5.94. The first kappa shape index (κ1) is 18.6. The van der Waals surface area contributed by atoms with Crippen LogP contribution in [0.4, 0.5) is 0 Å². The van der Waals surface area contributed by atoms with E-state index in [9.17, 15) is 9.59 Å². The molecule has 0 fully saturated rings. The van der Waals surface area contributed by atoms with E-state index in [1.54, 1.807) is 10.9 Å². The molecule has 0 bridgehead atoms. The SMILES string of the molecule is CCCCCNC(=O)c1cccc(Cn2cc(CNC(C)=O)nn2)c1. The zero-order chi connectivity index (χ0) is 18.1. The summed E-state index contributed by atoms with van der Waals surface area (Å²) in [4.78, 5) is 23.1. The van der Waals surface area contributed by atoms with Crippen molar-refractivity contribution in [2.45, 2.75) is 46.2 Å². The van der Waals surface area contributed by atoms with Crippen LogP contribution < -0.4 is 10.6 Å². The second kappa shape index (κ2) is 9.56. The van der Waals surface area contributed by atoms with Crippen LogP contribution in [0.3, 0.4) is 0 Å². The topological polar surface area (TPSA) is 88.9 Å². The van der Waals surface area contributed by atoms with Gasteiger partial charge in [0.15, 0.2) is 0 Å². The van der Waals surface area contributed by atoms with E-state index in [4.69, 9.17) is 0 Å². The predicted octanol–water partition coefficient (Wildman–Crippen LogP) is 1.88. The van der Waals surface area contributed by atoms with Gasteiger partial charge in [-0.15, -0.1) is 5.10 Å². The van der Waals surface area contributed by atoms with Crippen molar-refractivity contribution in [2.24, 2.45) is 0 Å². The fourth-order valence-corrected chi connectivity index (χ4v) is 2.39. The van der Waals surface area contributed by atoms with Gasteiger partial charge < -0.3 is 10.6 Å². The zero-order valence-electron chi connectivity index (χ0n) is 14.8. The molecule has 1 aromatic heterocycles. The Kier molecular flexibility index (Phi) is 7.13. The number of hydrogen-bond donors (Lipinski definition) is 2. The Morgan fingerprint density at radius 2 is 2.04 bits per heavy atom. The minimum absolute atomic E-state index is 0.0529. The van der Waals surface area contributed by atoms with Gasteiger partial charge in [0.25, 0.3) is 5.91 Å². The van der Waals surface area contributed by atoms with Crippen LogP contribution >= 0.6 is 0 Å². The summed E-state index contributed by atoms with van der Waals surface area (Å²) in [6.45, 7) is 5.17. The molecule has 1 heterocycles. The first-order chi connectivity index (χ1) is 12.1. The molecular formula is C18H25N5O2. The third-order valence-electron chi connectivity index (χ3n) is 3.70. The smallest absolute Gasteiger partial charge is 0.251 e. The molecule has 0 saturated carbocycles. The van der Waals surface area contributed by atoms with Crippen LogP contribution in [0, 0.1) is 0 Å². The molecule has 1 aromatic carbocycles. The van der Waals surface area contributed by atoms with Gasteiger partial charge >= 0.3 is 0 Å². The van der Waals surface area contributed by atoms with Crippen molar-refractivity contribution in [1.82, 2.24) is 25.6 Å². The van der Waals surface area contributed by atoms with E-state index in [0.29, 0.717) is 30.9 Å². The van der Waals surface area contributed by atoms with Crippen molar-refractivity contribution < 1.29 is 9.59 Å². The highest BCUT2D eigenvalue weighted by Gasteiger charge is 2.07. The van der Waals surface area contributed by atoms with Gasteiger partial charge in [-0.1, -0.05) is 37.1 Å². The molecule has 25 heavy (non-hydrogen) atoms. The third-order valence-corrected chi connectivity index (χ3v) is 3.70. The maximum absolute atomic E-state index is 12.2. The molecule has 134 valence electrons. The lowest BCUT2D eigenvalue weighted by molar-refractivity contribution is -0.119. The third kappa shape index (κ3) is 6.37. The number of rotatable bonds is 9. The van der Waals surface area contributed by atoms with E-state index in [1.807, 2.05) is 24.3 Å². The first-order valence-electron chi connectivity index (χ1n) is 8.59. The Balaban J connectivity index is 1.92. The molecule has 0 saturated heterocycles. The molecule has 7 heteroatoms. The lowest BCUT2D eigenvalue weighted by atomic mass is 10.1. The normalized spacial score (nSPS) is 10.5. The van der Waals surface area contributed by atoms with Crippen LogP contribution in [0.25, 0.3) is 0 Å². The molecular weight excluding hydrogens is 318 g/mol. The molecule has 2 aromatic rings. The lowest BCUT2D eigenvalue weighted by Crippen LogP contribution is -2.24. The molecule has 2 N–H and O–H groups in total. The monoisotopic (exact) mass is 343 g/mol. The van der Waals surface area contributed by atoms with E-state index < -0.39 is 0 Å². The van der Waals surface area contributed by atoms with Crippen molar-refractivity contribution in [2.75, 3.05) is 6.54 Å². The number of nitrogens with one attached hydrogen (secondary N) is 2. The van der Waals surface area contributed by atoms with Gasteiger partial charge in [-0.2, -0.15) is 0 Å². The van der Waals surface area contributed by atoms with Gasteiger partial charge in [-0.05, 0) is 24.1 Å². The second-order valence-corrected chi connectivity index (χ2v) is 5.98. The zero-order valence-corrected chi connectivity index (χ0v) is 14.8. The molecule has 0 aliphatic rings. The van der Waals surface area contributed by atoms with Crippen molar-refractivity contribution in [1.29, 1.82) is 0 Å². The number of nitrogens with zero attached hydrogens (tertiary/aromatic N) is 3. The van der Waals surface area contributed by atoms with Crippen LogP contribution in [0.1, 0.15) is 54.7 Å². The van der Waals surface area contributed by atoms with Crippen LogP contribution in [0.2, 0.25) is 0 Å². The van der Waals surface area contributed by atoms with E-state index >= 15 is 0 Å². The molecule has 2 amide bonds. The maximum atomic E-state index is 12.2. The molecule has 0 aliphatic heterocycles.